The van der Waals surface area contributed by atoms with Crippen LogP contribution in [0.1, 0.15) is 42.6 Å². The second kappa shape index (κ2) is 8.78. The molecule has 1 aromatic carbocycles. The Morgan fingerprint density at radius 3 is 2.41 bits per heavy atom. The van der Waals surface area contributed by atoms with Crippen molar-refractivity contribution in [1.82, 2.24) is 10.2 Å². The number of allylic oxidation sites excluding steroid dienone is 3. The van der Waals surface area contributed by atoms with Gasteiger partial charge in [0.1, 0.15) is 17.2 Å². The molecule has 0 atom stereocenters. The minimum atomic E-state index is -0.488. The SMILES string of the molecule is C=C/C(F)=C1\C(=C)OC2(C=C1c1ccc(C(=O)N(CC)CC)cc1)CCNCC2. The Bertz CT molecular complexity index is 857. The van der Waals surface area contributed by atoms with Gasteiger partial charge in [-0.15, -0.1) is 0 Å². The lowest BCUT2D eigenvalue weighted by Crippen LogP contribution is -2.44. The molecule has 2 aliphatic heterocycles. The molecule has 0 saturated carbocycles. The Hall–Kier alpha value is -2.66. The van der Waals surface area contributed by atoms with Gasteiger partial charge in [-0.3, -0.25) is 4.79 Å². The molecule has 29 heavy (non-hydrogen) atoms. The molecular formula is C24H29FN2O2. The summed E-state index contributed by atoms with van der Waals surface area (Å²) in [5, 5.41) is 3.33. The van der Waals surface area contributed by atoms with Crippen LogP contribution in [0, 0.1) is 0 Å². The fourth-order valence-corrected chi connectivity index (χ4v) is 3.98. The molecule has 2 aliphatic rings. The molecule has 154 valence electrons. The van der Waals surface area contributed by atoms with Gasteiger partial charge in [-0.1, -0.05) is 25.3 Å². The van der Waals surface area contributed by atoms with E-state index < -0.39 is 11.4 Å². The molecule has 4 nitrogen and oxygen atoms in total. The highest BCUT2D eigenvalue weighted by Crippen LogP contribution is 2.43. The van der Waals surface area contributed by atoms with Gasteiger partial charge < -0.3 is 15.0 Å². The summed E-state index contributed by atoms with van der Waals surface area (Å²) >= 11 is 0. The van der Waals surface area contributed by atoms with Crippen molar-refractivity contribution >= 4 is 11.5 Å². The summed E-state index contributed by atoms with van der Waals surface area (Å²) in [6.07, 6.45) is 4.77. The van der Waals surface area contributed by atoms with Gasteiger partial charge in [-0.2, -0.15) is 0 Å². The lowest BCUT2D eigenvalue weighted by molar-refractivity contribution is 0.0205. The summed E-state index contributed by atoms with van der Waals surface area (Å²) < 4.78 is 20.8. The topological polar surface area (TPSA) is 41.6 Å². The molecule has 2 heterocycles. The van der Waals surface area contributed by atoms with E-state index >= 15 is 0 Å². The molecule has 0 unspecified atom stereocenters. The van der Waals surface area contributed by atoms with Crippen molar-refractivity contribution in [3.05, 3.63) is 77.9 Å². The Morgan fingerprint density at radius 2 is 1.86 bits per heavy atom. The summed E-state index contributed by atoms with van der Waals surface area (Å²) in [5.41, 5.74) is 2.03. The van der Waals surface area contributed by atoms with Crippen molar-refractivity contribution < 1.29 is 13.9 Å². The van der Waals surface area contributed by atoms with Crippen LogP contribution in [0.25, 0.3) is 5.57 Å². The van der Waals surface area contributed by atoms with Crippen LogP contribution in [0.15, 0.2) is 66.7 Å². The summed E-state index contributed by atoms with van der Waals surface area (Å²) in [5.74, 6) is -0.145. The summed E-state index contributed by atoms with van der Waals surface area (Å²) in [4.78, 5) is 14.4. The first-order chi connectivity index (χ1) is 13.9. The number of piperidine rings is 1. The van der Waals surface area contributed by atoms with E-state index in [9.17, 15) is 9.18 Å². The number of rotatable bonds is 5. The van der Waals surface area contributed by atoms with Crippen molar-refractivity contribution in [2.24, 2.45) is 0 Å². The normalized spacial score (nSPS) is 20.0. The van der Waals surface area contributed by atoms with Gasteiger partial charge >= 0.3 is 0 Å². The van der Waals surface area contributed by atoms with Crippen LogP contribution in [0.2, 0.25) is 0 Å². The lowest BCUT2D eigenvalue weighted by atomic mass is 9.82. The first-order valence-electron chi connectivity index (χ1n) is 10.2. The van der Waals surface area contributed by atoms with E-state index in [1.165, 1.54) is 6.08 Å². The minimum absolute atomic E-state index is 0.00483. The third-order valence-electron chi connectivity index (χ3n) is 5.64. The first-order valence-corrected chi connectivity index (χ1v) is 10.2. The van der Waals surface area contributed by atoms with Crippen molar-refractivity contribution in [3.8, 4) is 0 Å². The van der Waals surface area contributed by atoms with Gasteiger partial charge in [0.15, 0.2) is 0 Å². The van der Waals surface area contributed by atoms with Gasteiger partial charge in [-0.25, -0.2) is 4.39 Å². The number of hydrogen-bond donors (Lipinski definition) is 1. The van der Waals surface area contributed by atoms with Crippen molar-refractivity contribution in [2.45, 2.75) is 32.3 Å². The summed E-state index contributed by atoms with van der Waals surface area (Å²) in [6.45, 7) is 14.5. The van der Waals surface area contributed by atoms with Gasteiger partial charge in [0.05, 0.1) is 5.57 Å². The van der Waals surface area contributed by atoms with E-state index in [0.29, 0.717) is 30.0 Å². The van der Waals surface area contributed by atoms with Crippen LogP contribution in [0.3, 0.4) is 0 Å². The fraction of sp³-hybridized carbons (Fsp3) is 0.375. The monoisotopic (exact) mass is 396 g/mol. The highest BCUT2D eigenvalue weighted by molar-refractivity contribution is 5.95. The van der Waals surface area contributed by atoms with Crippen molar-refractivity contribution in [2.75, 3.05) is 26.2 Å². The van der Waals surface area contributed by atoms with E-state index in [2.05, 4.69) is 18.5 Å². The van der Waals surface area contributed by atoms with Crippen molar-refractivity contribution in [3.63, 3.8) is 0 Å². The molecule has 0 radical (unpaired) electrons. The average Bonchev–Trinajstić information content (AvgIpc) is 2.74. The minimum Gasteiger partial charge on any atom is -0.483 e. The third kappa shape index (κ3) is 4.20. The second-order valence-corrected chi connectivity index (χ2v) is 7.38. The number of hydrogen-bond acceptors (Lipinski definition) is 3. The molecular weight excluding hydrogens is 367 g/mol. The quantitative estimate of drug-likeness (QED) is 0.789. The van der Waals surface area contributed by atoms with Gasteiger partial charge in [0.2, 0.25) is 0 Å². The highest BCUT2D eigenvalue weighted by atomic mass is 19.1. The zero-order valence-corrected chi connectivity index (χ0v) is 17.3. The molecule has 1 amide bonds. The van der Waals surface area contributed by atoms with Crippen molar-refractivity contribution in [1.29, 1.82) is 0 Å². The van der Waals surface area contributed by atoms with E-state index in [0.717, 1.165) is 37.1 Å². The molecule has 1 spiro atoms. The van der Waals surface area contributed by atoms with Crippen LogP contribution >= 0.6 is 0 Å². The number of amides is 1. The zero-order chi connectivity index (χ0) is 21.0. The van der Waals surface area contributed by atoms with Gasteiger partial charge in [0.25, 0.3) is 5.91 Å². The van der Waals surface area contributed by atoms with Crippen LogP contribution in [0.5, 0.6) is 0 Å². The number of nitrogens with zero attached hydrogens (tertiary/aromatic N) is 1. The number of carbonyl (C=O) groups is 1. The van der Waals surface area contributed by atoms with E-state index in [-0.39, 0.29) is 5.91 Å². The van der Waals surface area contributed by atoms with Crippen LogP contribution in [-0.2, 0) is 4.74 Å². The standard InChI is InChI=1S/C24H29FN2O2/c1-5-21(25)22-17(4)29-24(12-14-26-15-13-24)16-20(22)18-8-10-19(11-9-18)23(28)27(6-2)7-3/h5,8-11,16,26H,1,4,6-7,12-15H2,2-3H3/b22-21-. The fourth-order valence-electron chi connectivity index (χ4n) is 3.98. The molecule has 1 fully saturated rings. The van der Waals surface area contributed by atoms with E-state index in [1.807, 2.05) is 32.1 Å². The molecule has 1 saturated heterocycles. The molecule has 0 bridgehead atoms. The number of carbonyl (C=O) groups excluding carboxylic acids is 1. The Kier molecular flexibility index (Phi) is 6.38. The number of nitrogens with one attached hydrogen (secondary N) is 1. The Morgan fingerprint density at radius 1 is 1.24 bits per heavy atom. The number of halogens is 1. The second-order valence-electron chi connectivity index (χ2n) is 7.38. The number of benzene rings is 1. The van der Waals surface area contributed by atoms with Gasteiger partial charge in [0, 0.05) is 31.5 Å². The maximum atomic E-state index is 14.7. The predicted molar refractivity (Wildman–Crippen MR) is 115 cm³/mol. The van der Waals surface area contributed by atoms with E-state index in [1.54, 1.807) is 17.0 Å². The largest absolute Gasteiger partial charge is 0.483 e. The maximum Gasteiger partial charge on any atom is 0.253 e. The highest BCUT2D eigenvalue weighted by Gasteiger charge is 2.38. The molecule has 3 rings (SSSR count). The Balaban J connectivity index is 2.03. The smallest absolute Gasteiger partial charge is 0.253 e. The van der Waals surface area contributed by atoms with Crippen LogP contribution < -0.4 is 5.32 Å². The van der Waals surface area contributed by atoms with Crippen LogP contribution in [-0.4, -0.2) is 42.6 Å². The Labute approximate surface area is 172 Å². The summed E-state index contributed by atoms with van der Waals surface area (Å²) in [7, 11) is 0. The first kappa shape index (κ1) is 21.1. The maximum absolute atomic E-state index is 14.7. The van der Waals surface area contributed by atoms with Gasteiger partial charge in [-0.05, 0) is 62.4 Å². The summed E-state index contributed by atoms with van der Waals surface area (Å²) in [6, 6.07) is 7.33. The number of ether oxygens (including phenoxy) is 1. The molecule has 1 N–H and O–H groups in total. The predicted octanol–water partition coefficient (Wildman–Crippen LogP) is 4.63. The van der Waals surface area contributed by atoms with E-state index in [4.69, 9.17) is 4.74 Å². The third-order valence-corrected chi connectivity index (χ3v) is 5.64. The molecule has 0 aromatic heterocycles. The average molecular weight is 397 g/mol. The molecule has 5 heteroatoms. The van der Waals surface area contributed by atoms with Crippen LogP contribution in [0.4, 0.5) is 4.39 Å². The molecule has 0 aliphatic carbocycles. The lowest BCUT2D eigenvalue weighted by Gasteiger charge is -2.41. The molecule has 1 aromatic rings. The zero-order valence-electron chi connectivity index (χ0n) is 17.3.